The van der Waals surface area contributed by atoms with E-state index in [0.29, 0.717) is 6.54 Å². The number of nitrogens with zero attached hydrogens (tertiary/aromatic N) is 1. The molecule has 2 aromatic rings. The summed E-state index contributed by atoms with van der Waals surface area (Å²) in [7, 11) is 4.11. The smallest absolute Gasteiger partial charge is 0.238 e. The Labute approximate surface area is 155 Å². The molecule has 1 N–H and O–H groups in total. The number of rotatable bonds is 8. The third kappa shape index (κ3) is 6.56. The zero-order valence-electron chi connectivity index (χ0n) is 15.5. The molecule has 0 aromatic heterocycles. The van der Waals surface area contributed by atoms with Crippen molar-refractivity contribution in [2.75, 3.05) is 27.2 Å². The van der Waals surface area contributed by atoms with Crippen molar-refractivity contribution in [1.29, 1.82) is 0 Å². The van der Waals surface area contributed by atoms with E-state index in [1.165, 1.54) is 0 Å². The highest BCUT2D eigenvalue weighted by Gasteiger charge is 2.25. The molecule has 0 aliphatic heterocycles. The molecule has 0 heterocycles. The lowest BCUT2D eigenvalue weighted by molar-refractivity contribution is -0.121. The van der Waals surface area contributed by atoms with Gasteiger partial charge in [-0.1, -0.05) is 62.4 Å². The summed E-state index contributed by atoms with van der Waals surface area (Å²) in [6, 6.07) is 20.1. The molecule has 0 saturated heterocycles. The molecular weight excluding hydrogens is 328 g/mol. The Hall–Kier alpha value is -1.78. The third-order valence-electron chi connectivity index (χ3n) is 3.82. The summed E-state index contributed by atoms with van der Waals surface area (Å²) in [6.45, 7) is 5.93. The highest BCUT2D eigenvalue weighted by atomic mass is 32.2. The molecular formula is C21H28N2OS. The van der Waals surface area contributed by atoms with Gasteiger partial charge in [-0.3, -0.25) is 4.79 Å². The van der Waals surface area contributed by atoms with Crippen molar-refractivity contribution < 1.29 is 4.79 Å². The number of nitrogens with one attached hydrogen (secondary N) is 1. The molecule has 2 aromatic carbocycles. The van der Waals surface area contributed by atoms with Crippen LogP contribution < -0.4 is 5.32 Å². The first-order valence-corrected chi connectivity index (χ1v) is 9.44. The van der Waals surface area contributed by atoms with Gasteiger partial charge < -0.3 is 10.2 Å². The molecule has 1 atom stereocenters. The van der Waals surface area contributed by atoms with Crippen LogP contribution >= 0.6 is 11.8 Å². The topological polar surface area (TPSA) is 32.3 Å². The van der Waals surface area contributed by atoms with Gasteiger partial charge in [0.05, 0.1) is 0 Å². The van der Waals surface area contributed by atoms with Crippen LogP contribution in [-0.2, 0) is 4.79 Å². The summed E-state index contributed by atoms with van der Waals surface area (Å²) in [5, 5.41) is 2.91. The van der Waals surface area contributed by atoms with Crippen molar-refractivity contribution in [3.8, 4) is 0 Å². The molecule has 1 amide bonds. The summed E-state index contributed by atoms with van der Waals surface area (Å²) >= 11 is 1.59. The van der Waals surface area contributed by atoms with Crippen LogP contribution in [0.1, 0.15) is 24.7 Å². The molecule has 25 heavy (non-hydrogen) atoms. The number of thioether (sulfide) groups is 1. The van der Waals surface area contributed by atoms with Gasteiger partial charge in [0.2, 0.25) is 5.91 Å². The SMILES string of the molecule is CN(C)CC(C)(C)CNC(=O)C(Sc1ccccc1)c1ccccc1. The molecule has 0 aliphatic carbocycles. The van der Waals surface area contributed by atoms with Crippen LogP contribution in [0.5, 0.6) is 0 Å². The maximum Gasteiger partial charge on any atom is 0.238 e. The van der Waals surface area contributed by atoms with Gasteiger partial charge in [0.1, 0.15) is 5.25 Å². The first-order chi connectivity index (χ1) is 11.9. The molecule has 0 bridgehead atoms. The van der Waals surface area contributed by atoms with E-state index in [1.807, 2.05) is 60.7 Å². The van der Waals surface area contributed by atoms with Crippen molar-refractivity contribution in [3.05, 3.63) is 66.2 Å². The second-order valence-corrected chi connectivity index (χ2v) is 8.52. The first-order valence-electron chi connectivity index (χ1n) is 8.56. The Morgan fingerprint density at radius 3 is 2.16 bits per heavy atom. The molecule has 4 heteroatoms. The lowest BCUT2D eigenvalue weighted by Crippen LogP contribution is -2.41. The number of hydrogen-bond acceptors (Lipinski definition) is 3. The van der Waals surface area contributed by atoms with Gasteiger partial charge in [0, 0.05) is 18.0 Å². The minimum Gasteiger partial charge on any atom is -0.354 e. The molecule has 0 spiro atoms. The fourth-order valence-electron chi connectivity index (χ4n) is 2.87. The lowest BCUT2D eigenvalue weighted by Gasteiger charge is -2.29. The van der Waals surface area contributed by atoms with Crippen LogP contribution in [0.15, 0.2) is 65.6 Å². The second kappa shape index (κ2) is 9.07. The predicted molar refractivity (Wildman–Crippen MR) is 107 cm³/mol. The van der Waals surface area contributed by atoms with Gasteiger partial charge >= 0.3 is 0 Å². The Balaban J connectivity index is 2.11. The van der Waals surface area contributed by atoms with Gasteiger partial charge in [-0.2, -0.15) is 0 Å². The Morgan fingerprint density at radius 2 is 1.60 bits per heavy atom. The van der Waals surface area contributed by atoms with E-state index in [-0.39, 0.29) is 16.6 Å². The summed E-state index contributed by atoms with van der Waals surface area (Å²) in [6.07, 6.45) is 0. The molecule has 0 saturated carbocycles. The van der Waals surface area contributed by atoms with E-state index in [9.17, 15) is 4.79 Å². The van der Waals surface area contributed by atoms with Crippen LogP contribution in [0, 0.1) is 5.41 Å². The number of benzene rings is 2. The van der Waals surface area contributed by atoms with Crippen molar-refractivity contribution in [2.24, 2.45) is 5.41 Å². The quantitative estimate of drug-likeness (QED) is 0.719. The zero-order chi connectivity index (χ0) is 18.3. The van der Waals surface area contributed by atoms with Crippen LogP contribution in [0.25, 0.3) is 0 Å². The number of amides is 1. The largest absolute Gasteiger partial charge is 0.354 e. The molecule has 0 radical (unpaired) electrons. The molecule has 0 fully saturated rings. The van der Waals surface area contributed by atoms with Gasteiger partial charge in [0.15, 0.2) is 0 Å². The lowest BCUT2D eigenvalue weighted by atomic mass is 9.93. The molecule has 0 aliphatic rings. The summed E-state index contributed by atoms with van der Waals surface area (Å²) in [4.78, 5) is 16.2. The maximum atomic E-state index is 12.9. The minimum absolute atomic E-state index is 0.0256. The summed E-state index contributed by atoms with van der Waals surface area (Å²) in [5.74, 6) is 0.0619. The molecule has 3 nitrogen and oxygen atoms in total. The second-order valence-electron chi connectivity index (χ2n) is 7.34. The van der Waals surface area contributed by atoms with E-state index < -0.39 is 0 Å². The summed E-state index contributed by atoms with van der Waals surface area (Å²) < 4.78 is 0. The Kier molecular flexibility index (Phi) is 7.09. The standard InChI is InChI=1S/C21H28N2OS/c1-21(2,16-23(3)4)15-22-20(24)19(17-11-7-5-8-12-17)25-18-13-9-6-10-14-18/h5-14,19H,15-16H2,1-4H3,(H,22,24). The average Bonchev–Trinajstić information content (AvgIpc) is 2.58. The Bertz CT molecular complexity index is 656. The summed E-state index contributed by atoms with van der Waals surface area (Å²) in [5.41, 5.74) is 1.05. The van der Waals surface area contributed by atoms with Gasteiger partial charge in [0.25, 0.3) is 0 Å². The number of hydrogen-bond donors (Lipinski definition) is 1. The average molecular weight is 357 g/mol. The third-order valence-corrected chi connectivity index (χ3v) is 5.09. The van der Waals surface area contributed by atoms with Crippen molar-refractivity contribution >= 4 is 17.7 Å². The highest BCUT2D eigenvalue weighted by Crippen LogP contribution is 2.35. The number of carbonyl (C=O) groups is 1. The van der Waals surface area contributed by atoms with Crippen LogP contribution in [0.4, 0.5) is 0 Å². The molecule has 1 unspecified atom stereocenters. The monoisotopic (exact) mass is 356 g/mol. The number of carbonyl (C=O) groups excluding carboxylic acids is 1. The molecule has 2 rings (SSSR count). The van der Waals surface area contributed by atoms with Crippen LogP contribution in [0.2, 0.25) is 0 Å². The van der Waals surface area contributed by atoms with Gasteiger partial charge in [-0.25, -0.2) is 0 Å². The van der Waals surface area contributed by atoms with Crippen LogP contribution in [0.3, 0.4) is 0 Å². The Morgan fingerprint density at radius 1 is 1.04 bits per heavy atom. The normalized spacial score (nSPS) is 12.8. The van der Waals surface area contributed by atoms with Crippen molar-refractivity contribution in [1.82, 2.24) is 10.2 Å². The van der Waals surface area contributed by atoms with Crippen molar-refractivity contribution in [3.63, 3.8) is 0 Å². The van der Waals surface area contributed by atoms with E-state index >= 15 is 0 Å². The van der Waals surface area contributed by atoms with Crippen LogP contribution in [-0.4, -0.2) is 38.0 Å². The van der Waals surface area contributed by atoms with Gasteiger partial charge in [-0.05, 0) is 37.2 Å². The van der Waals surface area contributed by atoms with Crippen molar-refractivity contribution in [2.45, 2.75) is 24.0 Å². The molecule has 134 valence electrons. The minimum atomic E-state index is -0.251. The first kappa shape index (κ1) is 19.5. The van der Waals surface area contributed by atoms with Gasteiger partial charge in [-0.15, -0.1) is 11.8 Å². The zero-order valence-corrected chi connectivity index (χ0v) is 16.3. The maximum absolute atomic E-state index is 12.9. The van der Waals surface area contributed by atoms with E-state index in [2.05, 4.69) is 38.2 Å². The van der Waals surface area contributed by atoms with E-state index in [0.717, 1.165) is 17.0 Å². The fraction of sp³-hybridized carbons (Fsp3) is 0.381. The predicted octanol–water partition coefficient (Wildman–Crippen LogP) is 4.22. The van der Waals surface area contributed by atoms with E-state index in [4.69, 9.17) is 0 Å². The highest BCUT2D eigenvalue weighted by molar-refractivity contribution is 8.00. The van der Waals surface area contributed by atoms with E-state index in [1.54, 1.807) is 11.8 Å². The fourth-order valence-corrected chi connectivity index (χ4v) is 3.94.